The highest BCUT2D eigenvalue weighted by Gasteiger charge is 2.26. The number of carbonyl (C=O) groups excluding carboxylic acids is 1. The molecule has 0 saturated carbocycles. The van der Waals surface area contributed by atoms with E-state index in [1.165, 1.54) is 0 Å². The lowest BCUT2D eigenvalue weighted by atomic mass is 10.00. The zero-order chi connectivity index (χ0) is 17.3. The molecule has 24 heavy (non-hydrogen) atoms. The lowest BCUT2D eigenvalue weighted by molar-refractivity contribution is 0.0674. The number of piperidine rings is 1. The Hall–Kier alpha value is -2.24. The van der Waals surface area contributed by atoms with Gasteiger partial charge in [0.2, 0.25) is 0 Å². The molecule has 3 heterocycles. The average Bonchev–Trinajstić information content (AvgIpc) is 2.56. The number of likely N-dealkylation sites (tertiary alicyclic amines) is 1. The van der Waals surface area contributed by atoms with Crippen LogP contribution in [0.3, 0.4) is 0 Å². The third kappa shape index (κ3) is 3.18. The van der Waals surface area contributed by atoms with Crippen LogP contribution < -0.4 is 5.56 Å². The molecule has 1 aliphatic rings. The van der Waals surface area contributed by atoms with Crippen LogP contribution in [0.2, 0.25) is 0 Å². The van der Waals surface area contributed by atoms with Crippen molar-refractivity contribution in [1.82, 2.24) is 19.4 Å². The van der Waals surface area contributed by atoms with Gasteiger partial charge < -0.3 is 4.90 Å². The topological polar surface area (TPSA) is 68.1 Å². The molecule has 2 aromatic heterocycles. The van der Waals surface area contributed by atoms with Crippen LogP contribution in [-0.2, 0) is 6.54 Å². The smallest absolute Gasteiger partial charge is 0.283 e. The van der Waals surface area contributed by atoms with Gasteiger partial charge in [-0.3, -0.25) is 14.2 Å². The fraction of sp³-hybridized carbons (Fsp3) is 0.556. The van der Waals surface area contributed by atoms with Crippen molar-refractivity contribution in [3.8, 4) is 0 Å². The zero-order valence-electron chi connectivity index (χ0n) is 14.5. The number of fused-ring (bicyclic) bond motifs is 1. The van der Waals surface area contributed by atoms with Crippen LogP contribution in [0.4, 0.5) is 0 Å². The summed E-state index contributed by atoms with van der Waals surface area (Å²) < 4.78 is 1.59. The molecular weight excluding hydrogens is 304 g/mol. The molecule has 128 valence electrons. The van der Waals surface area contributed by atoms with Crippen LogP contribution in [0.5, 0.6) is 0 Å². The van der Waals surface area contributed by atoms with Crippen LogP contribution in [-0.4, -0.2) is 38.4 Å². The highest BCUT2D eigenvalue weighted by molar-refractivity contribution is 5.93. The quantitative estimate of drug-likeness (QED) is 0.867. The van der Waals surface area contributed by atoms with Crippen LogP contribution in [0, 0.1) is 11.8 Å². The molecule has 1 fully saturated rings. The van der Waals surface area contributed by atoms with Gasteiger partial charge in [0.15, 0.2) is 11.3 Å². The third-order valence-corrected chi connectivity index (χ3v) is 4.40. The van der Waals surface area contributed by atoms with E-state index in [0.717, 1.165) is 12.8 Å². The molecular formula is C18H24N4O2. The summed E-state index contributed by atoms with van der Waals surface area (Å²) in [6.45, 7) is 8.11. The fourth-order valence-corrected chi connectivity index (χ4v) is 3.27. The van der Waals surface area contributed by atoms with Crippen molar-refractivity contribution in [2.45, 2.75) is 40.2 Å². The van der Waals surface area contributed by atoms with Crippen molar-refractivity contribution < 1.29 is 4.79 Å². The third-order valence-electron chi connectivity index (χ3n) is 4.40. The molecule has 0 spiro atoms. The van der Waals surface area contributed by atoms with E-state index in [4.69, 9.17) is 0 Å². The molecule has 1 saturated heterocycles. The predicted molar refractivity (Wildman–Crippen MR) is 92.9 cm³/mol. The Morgan fingerprint density at radius 2 is 2.21 bits per heavy atom. The number of hydrogen-bond donors (Lipinski definition) is 0. The summed E-state index contributed by atoms with van der Waals surface area (Å²) in [5.41, 5.74) is 0.814. The van der Waals surface area contributed by atoms with Gasteiger partial charge in [0.25, 0.3) is 11.5 Å². The molecule has 1 atom stereocenters. The minimum Gasteiger partial charge on any atom is -0.337 e. The van der Waals surface area contributed by atoms with Gasteiger partial charge in [-0.05, 0) is 36.8 Å². The molecule has 6 heteroatoms. The number of aromatic nitrogens is 3. The largest absolute Gasteiger partial charge is 0.337 e. The second-order valence-corrected chi connectivity index (χ2v) is 7.11. The van der Waals surface area contributed by atoms with E-state index in [1.54, 1.807) is 27.8 Å². The van der Waals surface area contributed by atoms with Gasteiger partial charge in [0, 0.05) is 25.8 Å². The van der Waals surface area contributed by atoms with E-state index >= 15 is 0 Å². The number of hydrogen-bond acceptors (Lipinski definition) is 4. The zero-order valence-corrected chi connectivity index (χ0v) is 14.5. The van der Waals surface area contributed by atoms with E-state index in [9.17, 15) is 9.59 Å². The molecule has 6 nitrogen and oxygen atoms in total. The lowest BCUT2D eigenvalue weighted by Crippen LogP contribution is -2.43. The minimum absolute atomic E-state index is 0.0188. The maximum atomic E-state index is 12.9. The second kappa shape index (κ2) is 6.71. The van der Waals surface area contributed by atoms with E-state index < -0.39 is 0 Å². The molecule has 2 aromatic rings. The number of nitrogens with zero attached hydrogens (tertiary/aromatic N) is 4. The summed E-state index contributed by atoms with van der Waals surface area (Å²) in [6.07, 6.45) is 3.74. The Labute approximate surface area is 141 Å². The summed E-state index contributed by atoms with van der Waals surface area (Å²) in [4.78, 5) is 36.2. The Balaban J connectivity index is 2.09. The molecule has 0 radical (unpaired) electrons. The van der Waals surface area contributed by atoms with Crippen molar-refractivity contribution in [1.29, 1.82) is 0 Å². The molecule has 0 bridgehead atoms. The van der Waals surface area contributed by atoms with Crippen LogP contribution in [0.25, 0.3) is 11.2 Å². The molecule has 1 amide bonds. The first-order valence-electron chi connectivity index (χ1n) is 8.62. The molecule has 1 aliphatic heterocycles. The summed E-state index contributed by atoms with van der Waals surface area (Å²) >= 11 is 0. The predicted octanol–water partition coefficient (Wildman–Crippen LogP) is 2.32. The average molecular weight is 328 g/mol. The molecule has 1 unspecified atom stereocenters. The van der Waals surface area contributed by atoms with Crippen LogP contribution >= 0.6 is 0 Å². The minimum atomic E-state index is -0.335. The Morgan fingerprint density at radius 3 is 2.92 bits per heavy atom. The lowest BCUT2D eigenvalue weighted by Gasteiger charge is -2.30. The van der Waals surface area contributed by atoms with Gasteiger partial charge in [-0.25, -0.2) is 9.97 Å². The van der Waals surface area contributed by atoms with Gasteiger partial charge >= 0.3 is 0 Å². The standard InChI is InChI=1S/C18H24N4O2/c1-12(2)10-22-16-14(7-4-8-19-16)20-15(18(22)24)17(23)21-9-5-6-13(3)11-21/h4,7-8,12-13H,5-6,9-11H2,1-3H3. The Kier molecular flexibility index (Phi) is 4.64. The first-order valence-corrected chi connectivity index (χ1v) is 8.62. The molecule has 0 aliphatic carbocycles. The van der Waals surface area contributed by atoms with Crippen LogP contribution in [0.15, 0.2) is 23.1 Å². The van der Waals surface area contributed by atoms with Gasteiger partial charge in [0.05, 0.1) is 0 Å². The van der Waals surface area contributed by atoms with Crippen molar-refractivity contribution in [2.24, 2.45) is 11.8 Å². The number of pyridine rings is 1. The summed E-state index contributed by atoms with van der Waals surface area (Å²) in [6, 6.07) is 3.57. The van der Waals surface area contributed by atoms with Gasteiger partial charge in [-0.1, -0.05) is 20.8 Å². The van der Waals surface area contributed by atoms with Crippen molar-refractivity contribution >= 4 is 17.1 Å². The normalized spacial score (nSPS) is 18.3. The number of rotatable bonds is 3. The monoisotopic (exact) mass is 328 g/mol. The van der Waals surface area contributed by atoms with E-state index in [1.807, 2.05) is 13.8 Å². The first-order chi connectivity index (χ1) is 11.5. The second-order valence-electron chi connectivity index (χ2n) is 7.11. The van der Waals surface area contributed by atoms with Gasteiger partial charge in [0.1, 0.15) is 5.52 Å². The van der Waals surface area contributed by atoms with Gasteiger partial charge in [-0.2, -0.15) is 0 Å². The fourth-order valence-electron chi connectivity index (χ4n) is 3.27. The maximum absolute atomic E-state index is 12.9. The number of carbonyl (C=O) groups is 1. The van der Waals surface area contributed by atoms with E-state index in [-0.39, 0.29) is 23.1 Å². The maximum Gasteiger partial charge on any atom is 0.283 e. The first kappa shape index (κ1) is 16.6. The molecule has 3 rings (SSSR count). The van der Waals surface area contributed by atoms with E-state index in [2.05, 4.69) is 16.9 Å². The Bertz CT molecular complexity index is 812. The summed E-state index contributed by atoms with van der Waals surface area (Å²) in [5, 5.41) is 0. The van der Waals surface area contributed by atoms with Crippen molar-refractivity contribution in [2.75, 3.05) is 13.1 Å². The van der Waals surface area contributed by atoms with Crippen LogP contribution in [0.1, 0.15) is 44.1 Å². The summed E-state index contributed by atoms with van der Waals surface area (Å²) in [7, 11) is 0. The summed E-state index contributed by atoms with van der Waals surface area (Å²) in [5.74, 6) is 0.478. The van der Waals surface area contributed by atoms with Crippen molar-refractivity contribution in [3.63, 3.8) is 0 Å². The van der Waals surface area contributed by atoms with E-state index in [0.29, 0.717) is 36.7 Å². The highest BCUT2D eigenvalue weighted by atomic mass is 16.2. The number of amides is 1. The molecule has 0 aromatic carbocycles. The van der Waals surface area contributed by atoms with Crippen molar-refractivity contribution in [3.05, 3.63) is 34.4 Å². The Morgan fingerprint density at radius 1 is 1.42 bits per heavy atom. The molecule has 0 N–H and O–H groups in total. The van der Waals surface area contributed by atoms with Gasteiger partial charge in [-0.15, -0.1) is 0 Å². The highest BCUT2D eigenvalue weighted by Crippen LogP contribution is 2.17. The SMILES string of the molecule is CC(C)Cn1c(=O)c(C(=O)N2CCCC(C)C2)nc2cccnc21.